The molecule has 2 N–H and O–H groups in total. The van der Waals surface area contributed by atoms with Crippen molar-refractivity contribution < 1.29 is 23.9 Å². The fourth-order valence-electron chi connectivity index (χ4n) is 2.69. The van der Waals surface area contributed by atoms with Gasteiger partial charge >= 0.3 is 17.8 Å². The molecule has 174 valence electrons. The fourth-order valence-corrected chi connectivity index (χ4v) is 2.99. The fraction of sp³-hybridized carbons (Fsp3) is 0.0833. The van der Waals surface area contributed by atoms with E-state index in [4.69, 9.17) is 32.7 Å². The van der Waals surface area contributed by atoms with Gasteiger partial charge in [0.1, 0.15) is 11.5 Å². The minimum absolute atomic E-state index is 0.242. The van der Waals surface area contributed by atoms with E-state index in [-0.39, 0.29) is 5.02 Å². The number of carbonyl (C=O) groups is 3. The van der Waals surface area contributed by atoms with Crippen molar-refractivity contribution in [2.75, 3.05) is 12.4 Å². The van der Waals surface area contributed by atoms with Crippen LogP contribution in [0.25, 0.3) is 0 Å². The highest BCUT2D eigenvalue weighted by Crippen LogP contribution is 2.25. The van der Waals surface area contributed by atoms with Gasteiger partial charge in [-0.3, -0.25) is 9.59 Å². The maximum Gasteiger partial charge on any atom is 0.343 e. The van der Waals surface area contributed by atoms with Crippen LogP contribution in [0.3, 0.4) is 0 Å². The molecule has 0 aliphatic heterocycles. The smallest absolute Gasteiger partial charge is 0.343 e. The van der Waals surface area contributed by atoms with Crippen LogP contribution in [0.5, 0.6) is 11.5 Å². The quantitative estimate of drug-likeness (QED) is 0.168. The Labute approximate surface area is 205 Å². The Morgan fingerprint density at radius 1 is 0.824 bits per heavy atom. The molecule has 0 aliphatic carbocycles. The first-order valence-corrected chi connectivity index (χ1v) is 10.6. The molecule has 0 radical (unpaired) electrons. The van der Waals surface area contributed by atoms with Crippen LogP contribution in [-0.2, 0) is 9.59 Å². The summed E-state index contributed by atoms with van der Waals surface area (Å²) in [4.78, 5) is 36.4. The lowest BCUT2D eigenvalue weighted by Crippen LogP contribution is -2.32. The van der Waals surface area contributed by atoms with E-state index >= 15 is 0 Å². The molecule has 0 aliphatic rings. The second kappa shape index (κ2) is 11.3. The number of methoxy groups -OCH3 is 1. The third kappa shape index (κ3) is 6.57. The molecular formula is C24H19Cl2N3O5. The van der Waals surface area contributed by atoms with Gasteiger partial charge in [0.2, 0.25) is 0 Å². The summed E-state index contributed by atoms with van der Waals surface area (Å²) in [7, 11) is 1.51. The van der Waals surface area contributed by atoms with Crippen molar-refractivity contribution in [1.82, 2.24) is 5.43 Å². The van der Waals surface area contributed by atoms with Crippen molar-refractivity contribution in [3.05, 3.63) is 87.9 Å². The first kappa shape index (κ1) is 24.8. The highest BCUT2D eigenvalue weighted by atomic mass is 35.5. The predicted octanol–water partition coefficient (Wildman–Crippen LogP) is 4.70. The maximum absolute atomic E-state index is 12.3. The van der Waals surface area contributed by atoms with Gasteiger partial charge in [-0.25, -0.2) is 10.2 Å². The lowest BCUT2D eigenvalue weighted by Gasteiger charge is -2.08. The molecule has 0 spiro atoms. The maximum atomic E-state index is 12.3. The Morgan fingerprint density at radius 3 is 2.24 bits per heavy atom. The molecule has 0 saturated heterocycles. The zero-order valence-corrected chi connectivity index (χ0v) is 19.6. The topological polar surface area (TPSA) is 106 Å². The average molecular weight is 500 g/mol. The van der Waals surface area contributed by atoms with E-state index in [0.29, 0.717) is 39.0 Å². The summed E-state index contributed by atoms with van der Waals surface area (Å²) < 4.78 is 10.5. The van der Waals surface area contributed by atoms with Gasteiger partial charge in [0.05, 0.1) is 28.4 Å². The van der Waals surface area contributed by atoms with Crippen molar-refractivity contribution in [3.8, 4) is 11.5 Å². The summed E-state index contributed by atoms with van der Waals surface area (Å²) >= 11 is 11.7. The van der Waals surface area contributed by atoms with E-state index in [2.05, 4.69) is 15.8 Å². The molecule has 2 amide bonds. The van der Waals surface area contributed by atoms with E-state index in [1.807, 2.05) is 0 Å². The molecule has 3 rings (SSSR count). The number of carbonyl (C=O) groups excluding carboxylic acids is 3. The molecule has 0 fully saturated rings. The van der Waals surface area contributed by atoms with Crippen LogP contribution >= 0.6 is 23.2 Å². The van der Waals surface area contributed by atoms with Crippen LogP contribution in [0, 0.1) is 0 Å². The summed E-state index contributed by atoms with van der Waals surface area (Å²) in [6.45, 7) is 1.65. The zero-order valence-electron chi connectivity index (χ0n) is 18.1. The minimum Gasteiger partial charge on any atom is -0.497 e. The third-order valence-corrected chi connectivity index (χ3v) is 5.24. The number of halogens is 2. The molecule has 3 aromatic carbocycles. The van der Waals surface area contributed by atoms with Gasteiger partial charge in [0.15, 0.2) is 0 Å². The lowest BCUT2D eigenvalue weighted by atomic mass is 10.1. The summed E-state index contributed by atoms with van der Waals surface area (Å²) in [6, 6.07) is 17.5. The molecular weight excluding hydrogens is 481 g/mol. The lowest BCUT2D eigenvalue weighted by molar-refractivity contribution is -0.136. The molecule has 3 aromatic rings. The number of benzene rings is 3. The van der Waals surface area contributed by atoms with Gasteiger partial charge in [0.25, 0.3) is 0 Å². The number of anilines is 1. The van der Waals surface area contributed by atoms with Gasteiger partial charge in [0, 0.05) is 5.69 Å². The van der Waals surface area contributed by atoms with Crippen LogP contribution in [-0.4, -0.2) is 30.6 Å². The highest BCUT2D eigenvalue weighted by Gasteiger charge is 2.14. The van der Waals surface area contributed by atoms with Gasteiger partial charge in [-0.05, 0) is 73.2 Å². The number of hydrazone groups is 1. The second-order valence-corrected chi connectivity index (χ2v) is 7.68. The van der Waals surface area contributed by atoms with Gasteiger partial charge < -0.3 is 14.8 Å². The van der Waals surface area contributed by atoms with Crippen molar-refractivity contribution in [2.45, 2.75) is 6.92 Å². The SMILES string of the molecule is COc1cccc(C(=O)Oc2ccc(C(C)=NNC(=O)C(=O)Nc3ccc(Cl)c(Cl)c3)cc2)c1. The Balaban J connectivity index is 1.57. The molecule has 0 heterocycles. The first-order valence-electron chi connectivity index (χ1n) is 9.84. The highest BCUT2D eigenvalue weighted by molar-refractivity contribution is 6.43. The molecule has 0 bridgehead atoms. The number of rotatable bonds is 6. The van der Waals surface area contributed by atoms with Crippen molar-refractivity contribution >= 4 is 52.4 Å². The number of nitrogens with zero attached hydrogens (tertiary/aromatic N) is 1. The molecule has 0 atom stereocenters. The largest absolute Gasteiger partial charge is 0.497 e. The van der Waals surface area contributed by atoms with Gasteiger partial charge in [-0.15, -0.1) is 0 Å². The van der Waals surface area contributed by atoms with Crippen LogP contribution in [0.2, 0.25) is 10.0 Å². The van der Waals surface area contributed by atoms with E-state index in [1.165, 1.54) is 25.3 Å². The van der Waals surface area contributed by atoms with Gasteiger partial charge in [-0.2, -0.15) is 5.10 Å². The minimum atomic E-state index is -0.964. The second-order valence-electron chi connectivity index (χ2n) is 6.87. The van der Waals surface area contributed by atoms with E-state index in [0.717, 1.165) is 0 Å². The Morgan fingerprint density at radius 2 is 1.56 bits per heavy atom. The van der Waals surface area contributed by atoms with E-state index in [9.17, 15) is 14.4 Å². The Hall–Kier alpha value is -3.88. The van der Waals surface area contributed by atoms with Crippen LogP contribution in [0.15, 0.2) is 71.8 Å². The number of esters is 1. The number of ether oxygens (including phenoxy) is 2. The van der Waals surface area contributed by atoms with Crippen LogP contribution in [0.1, 0.15) is 22.8 Å². The normalized spacial score (nSPS) is 10.9. The summed E-state index contributed by atoms with van der Waals surface area (Å²) in [5.74, 6) is -1.54. The van der Waals surface area contributed by atoms with Gasteiger partial charge in [-0.1, -0.05) is 29.3 Å². The first-order chi connectivity index (χ1) is 16.3. The molecule has 10 heteroatoms. The third-order valence-electron chi connectivity index (χ3n) is 4.50. The molecule has 0 unspecified atom stereocenters. The number of hydrogen-bond donors (Lipinski definition) is 2. The number of nitrogens with one attached hydrogen (secondary N) is 2. The summed E-state index contributed by atoms with van der Waals surface area (Å²) in [5, 5.41) is 6.90. The van der Waals surface area contributed by atoms with E-state index < -0.39 is 17.8 Å². The van der Waals surface area contributed by atoms with E-state index in [1.54, 1.807) is 55.5 Å². The molecule has 0 aromatic heterocycles. The number of hydrogen-bond acceptors (Lipinski definition) is 6. The molecule has 34 heavy (non-hydrogen) atoms. The summed E-state index contributed by atoms with van der Waals surface area (Å²) in [6.07, 6.45) is 0. The van der Waals surface area contributed by atoms with Crippen LogP contribution < -0.4 is 20.2 Å². The average Bonchev–Trinajstić information content (AvgIpc) is 2.85. The zero-order chi connectivity index (χ0) is 24.7. The summed E-state index contributed by atoms with van der Waals surface area (Å²) in [5.41, 5.74) is 3.93. The number of amides is 2. The monoisotopic (exact) mass is 499 g/mol. The van der Waals surface area contributed by atoms with Crippen LogP contribution in [0.4, 0.5) is 5.69 Å². The standard InChI is InChI=1S/C24H19Cl2N3O5/c1-14(28-29-23(31)22(30)27-17-8-11-20(25)21(26)13-17)15-6-9-18(10-7-15)34-24(32)16-4-3-5-19(12-16)33-2/h3-13H,1-2H3,(H,27,30)(H,29,31). The Bertz CT molecular complexity index is 1260. The van der Waals surface area contributed by atoms with Crippen molar-refractivity contribution in [2.24, 2.45) is 5.10 Å². The molecule has 0 saturated carbocycles. The molecule has 8 nitrogen and oxygen atoms in total. The van der Waals surface area contributed by atoms with Crippen molar-refractivity contribution in [1.29, 1.82) is 0 Å². The van der Waals surface area contributed by atoms with Crippen molar-refractivity contribution in [3.63, 3.8) is 0 Å². The Kier molecular flexibility index (Phi) is 8.24. The predicted molar refractivity (Wildman–Crippen MR) is 130 cm³/mol.